The molecule has 2 aromatic rings. The van der Waals surface area contributed by atoms with E-state index in [2.05, 4.69) is 64.6 Å². The molecule has 0 aliphatic rings. The molecule has 0 spiro atoms. The highest BCUT2D eigenvalue weighted by molar-refractivity contribution is 9.10. The average Bonchev–Trinajstić information content (AvgIpc) is 2.52. The van der Waals surface area contributed by atoms with E-state index in [-0.39, 0.29) is 0 Å². The van der Waals surface area contributed by atoms with Crippen molar-refractivity contribution in [1.82, 2.24) is 5.32 Å². The molecule has 0 bridgehead atoms. The highest BCUT2D eigenvalue weighted by atomic mass is 79.9. The number of rotatable bonds is 6. The topological polar surface area (TPSA) is 21.3 Å². The van der Waals surface area contributed by atoms with Crippen LogP contribution in [0.1, 0.15) is 24.1 Å². The number of nitrogens with one attached hydrogen (secondary N) is 1. The summed E-state index contributed by atoms with van der Waals surface area (Å²) >= 11 is 5.37. The smallest absolute Gasteiger partial charge is 0.133 e. The third-order valence-electron chi connectivity index (χ3n) is 3.43. The van der Waals surface area contributed by atoms with Gasteiger partial charge in [0.05, 0.1) is 11.6 Å². The zero-order valence-electron chi connectivity index (χ0n) is 12.5. The predicted molar refractivity (Wildman–Crippen MR) is 94.2 cm³/mol. The minimum absolute atomic E-state index is 0.390. The molecule has 1 atom stereocenters. The fourth-order valence-electron chi connectivity index (χ4n) is 1.99. The Morgan fingerprint density at radius 1 is 1.19 bits per heavy atom. The third-order valence-corrected chi connectivity index (χ3v) is 5.14. The SMILES string of the molecule is CNC(C)c1ccc(SCc2ccc(OC)c(Br)c2)cc1. The lowest BCUT2D eigenvalue weighted by Crippen LogP contribution is -2.11. The van der Waals surface area contributed by atoms with Gasteiger partial charge < -0.3 is 10.1 Å². The van der Waals surface area contributed by atoms with Crippen LogP contribution in [0.5, 0.6) is 5.75 Å². The molecule has 0 fully saturated rings. The molecule has 2 nitrogen and oxygen atoms in total. The zero-order valence-corrected chi connectivity index (χ0v) is 14.9. The monoisotopic (exact) mass is 365 g/mol. The van der Waals surface area contributed by atoms with Crippen LogP contribution in [-0.2, 0) is 5.75 Å². The van der Waals surface area contributed by atoms with Gasteiger partial charge >= 0.3 is 0 Å². The van der Waals surface area contributed by atoms with Crippen molar-refractivity contribution in [2.24, 2.45) is 0 Å². The van der Waals surface area contributed by atoms with E-state index in [1.165, 1.54) is 16.0 Å². The molecule has 0 aliphatic carbocycles. The Balaban J connectivity index is 1.98. The molecule has 0 aliphatic heterocycles. The van der Waals surface area contributed by atoms with Crippen molar-refractivity contribution in [3.05, 3.63) is 58.1 Å². The fraction of sp³-hybridized carbons (Fsp3) is 0.294. The molecule has 0 heterocycles. The van der Waals surface area contributed by atoms with Crippen molar-refractivity contribution in [1.29, 1.82) is 0 Å². The molecule has 0 aromatic heterocycles. The standard InChI is InChI=1S/C17H20BrNOS/c1-12(19-2)14-5-7-15(8-6-14)21-11-13-4-9-17(20-3)16(18)10-13/h4-10,12,19H,11H2,1-3H3. The largest absolute Gasteiger partial charge is 0.496 e. The van der Waals surface area contributed by atoms with Crippen LogP contribution >= 0.6 is 27.7 Å². The summed E-state index contributed by atoms with van der Waals surface area (Å²) < 4.78 is 6.25. The van der Waals surface area contributed by atoms with Gasteiger partial charge in [0.25, 0.3) is 0 Å². The maximum Gasteiger partial charge on any atom is 0.133 e. The third kappa shape index (κ3) is 4.50. The van der Waals surface area contributed by atoms with Gasteiger partial charge in [-0.25, -0.2) is 0 Å². The van der Waals surface area contributed by atoms with Crippen molar-refractivity contribution < 1.29 is 4.74 Å². The number of hydrogen-bond donors (Lipinski definition) is 1. The van der Waals surface area contributed by atoms with E-state index in [0.29, 0.717) is 6.04 Å². The average molecular weight is 366 g/mol. The van der Waals surface area contributed by atoms with Gasteiger partial charge in [0.1, 0.15) is 5.75 Å². The molecule has 4 heteroatoms. The lowest BCUT2D eigenvalue weighted by molar-refractivity contribution is 0.412. The van der Waals surface area contributed by atoms with Gasteiger partial charge in [-0.05, 0) is 65.3 Å². The Bertz CT molecular complexity index is 586. The van der Waals surface area contributed by atoms with Gasteiger partial charge in [-0.1, -0.05) is 18.2 Å². The van der Waals surface area contributed by atoms with E-state index in [4.69, 9.17) is 4.74 Å². The molecule has 2 rings (SSSR count). The van der Waals surface area contributed by atoms with E-state index in [1.54, 1.807) is 7.11 Å². The van der Waals surface area contributed by atoms with Crippen molar-refractivity contribution >= 4 is 27.7 Å². The van der Waals surface area contributed by atoms with Crippen LogP contribution < -0.4 is 10.1 Å². The minimum Gasteiger partial charge on any atom is -0.496 e. The summed E-state index contributed by atoms with van der Waals surface area (Å²) in [5.74, 6) is 1.82. The number of benzene rings is 2. The van der Waals surface area contributed by atoms with Gasteiger partial charge in [0, 0.05) is 16.7 Å². The number of methoxy groups -OCH3 is 1. The van der Waals surface area contributed by atoms with Crippen molar-refractivity contribution in [2.45, 2.75) is 23.6 Å². The second-order valence-corrected chi connectivity index (χ2v) is 6.74. The number of thioether (sulfide) groups is 1. The van der Waals surface area contributed by atoms with Gasteiger partial charge in [-0.3, -0.25) is 0 Å². The molecule has 0 saturated carbocycles. The Kier molecular flexibility index (Phi) is 6.15. The van der Waals surface area contributed by atoms with E-state index in [0.717, 1.165) is 16.0 Å². The molecule has 0 saturated heterocycles. The second kappa shape index (κ2) is 7.87. The maximum absolute atomic E-state index is 5.25. The first kappa shape index (κ1) is 16.4. The summed E-state index contributed by atoms with van der Waals surface area (Å²) in [7, 11) is 3.66. The maximum atomic E-state index is 5.25. The van der Waals surface area contributed by atoms with Gasteiger partial charge in [-0.15, -0.1) is 11.8 Å². The Hall–Kier alpha value is -0.970. The van der Waals surface area contributed by atoms with Crippen LogP contribution in [0, 0.1) is 0 Å². The molecule has 112 valence electrons. The Morgan fingerprint density at radius 3 is 2.48 bits per heavy atom. The molecule has 0 amide bonds. The van der Waals surface area contributed by atoms with Crippen LogP contribution in [0.4, 0.5) is 0 Å². The molecule has 2 aromatic carbocycles. The van der Waals surface area contributed by atoms with E-state index >= 15 is 0 Å². The number of hydrogen-bond acceptors (Lipinski definition) is 3. The summed E-state index contributed by atoms with van der Waals surface area (Å²) in [4.78, 5) is 1.29. The minimum atomic E-state index is 0.390. The molecule has 1 unspecified atom stereocenters. The van der Waals surface area contributed by atoms with Crippen molar-refractivity contribution in [2.75, 3.05) is 14.2 Å². The van der Waals surface area contributed by atoms with Gasteiger partial charge in [-0.2, -0.15) is 0 Å². The van der Waals surface area contributed by atoms with E-state index in [9.17, 15) is 0 Å². The summed E-state index contributed by atoms with van der Waals surface area (Å²) in [6.45, 7) is 2.16. The summed E-state index contributed by atoms with van der Waals surface area (Å²) in [6, 6.07) is 15.4. The van der Waals surface area contributed by atoms with Gasteiger partial charge in [0.15, 0.2) is 0 Å². The Labute approximate surface area is 139 Å². The predicted octanol–water partition coefficient (Wildman–Crippen LogP) is 5.03. The quantitative estimate of drug-likeness (QED) is 0.725. The van der Waals surface area contributed by atoms with Crippen molar-refractivity contribution in [3.63, 3.8) is 0 Å². The molecule has 0 radical (unpaired) electrons. The first-order valence-corrected chi connectivity index (χ1v) is 8.64. The second-order valence-electron chi connectivity index (χ2n) is 4.84. The van der Waals surface area contributed by atoms with Crippen LogP contribution in [0.15, 0.2) is 51.8 Å². The highest BCUT2D eigenvalue weighted by Gasteiger charge is 2.04. The first-order valence-electron chi connectivity index (χ1n) is 6.86. The first-order chi connectivity index (χ1) is 10.1. The number of ether oxygens (including phenoxy) is 1. The normalized spacial score (nSPS) is 12.2. The summed E-state index contributed by atoms with van der Waals surface area (Å²) in [5.41, 5.74) is 2.59. The van der Waals surface area contributed by atoms with Crippen LogP contribution in [0.25, 0.3) is 0 Å². The fourth-order valence-corrected chi connectivity index (χ4v) is 3.42. The summed E-state index contributed by atoms with van der Waals surface area (Å²) in [6.07, 6.45) is 0. The number of halogens is 1. The van der Waals surface area contributed by atoms with Crippen LogP contribution in [-0.4, -0.2) is 14.2 Å². The van der Waals surface area contributed by atoms with E-state index < -0.39 is 0 Å². The molecule has 21 heavy (non-hydrogen) atoms. The van der Waals surface area contributed by atoms with Crippen molar-refractivity contribution in [3.8, 4) is 5.75 Å². The lowest BCUT2D eigenvalue weighted by Gasteiger charge is -2.11. The van der Waals surface area contributed by atoms with Gasteiger partial charge in [0.2, 0.25) is 0 Å². The van der Waals surface area contributed by atoms with E-state index in [1.807, 2.05) is 24.9 Å². The molecular formula is C17H20BrNOS. The molecular weight excluding hydrogens is 346 g/mol. The summed E-state index contributed by atoms with van der Waals surface area (Å²) in [5, 5.41) is 3.25. The van der Waals surface area contributed by atoms with Crippen LogP contribution in [0.3, 0.4) is 0 Å². The lowest BCUT2D eigenvalue weighted by atomic mass is 10.1. The Morgan fingerprint density at radius 2 is 1.90 bits per heavy atom. The van der Waals surface area contributed by atoms with Crippen LogP contribution in [0.2, 0.25) is 0 Å². The highest BCUT2D eigenvalue weighted by Crippen LogP contribution is 2.29. The molecule has 1 N–H and O–H groups in total. The zero-order chi connectivity index (χ0) is 15.2.